The fraction of sp³-hybridized carbons (Fsp3) is 0.278. The first kappa shape index (κ1) is 19.5. The second kappa shape index (κ2) is 9.04. The van der Waals surface area contributed by atoms with Crippen molar-refractivity contribution in [1.29, 1.82) is 0 Å². The van der Waals surface area contributed by atoms with E-state index in [0.717, 1.165) is 5.56 Å². The Kier molecular flexibility index (Phi) is 7.05. The zero-order valence-corrected chi connectivity index (χ0v) is 15.4. The van der Waals surface area contributed by atoms with E-state index in [2.05, 4.69) is 10.6 Å². The third kappa shape index (κ3) is 5.33. The number of rotatable bonds is 7. The van der Waals surface area contributed by atoms with Crippen LogP contribution < -0.4 is 15.4 Å². The summed E-state index contributed by atoms with van der Waals surface area (Å²) >= 11 is 11.8. The summed E-state index contributed by atoms with van der Waals surface area (Å²) in [5.41, 5.74) is 1.43. The number of carbonyl (C=O) groups is 1. The van der Waals surface area contributed by atoms with Gasteiger partial charge in [-0.2, -0.15) is 0 Å². The molecule has 0 spiro atoms. The third-order valence-corrected chi connectivity index (χ3v) is 4.36. The molecule has 0 radical (unpaired) electrons. The van der Waals surface area contributed by atoms with Crippen LogP contribution in [0.15, 0.2) is 36.4 Å². The van der Waals surface area contributed by atoms with E-state index in [4.69, 9.17) is 27.9 Å². The Morgan fingerprint density at radius 1 is 1.24 bits per heavy atom. The lowest BCUT2D eigenvalue weighted by Crippen LogP contribution is -2.34. The molecule has 0 bridgehead atoms. The largest absolute Gasteiger partial charge is 0.496 e. The third-order valence-electron chi connectivity index (χ3n) is 3.74. The van der Waals surface area contributed by atoms with Crippen molar-refractivity contribution < 1.29 is 13.9 Å². The molecule has 0 heterocycles. The predicted molar refractivity (Wildman–Crippen MR) is 97.7 cm³/mol. The number of ether oxygens (including phenoxy) is 1. The highest BCUT2D eigenvalue weighted by Crippen LogP contribution is 2.28. The summed E-state index contributed by atoms with van der Waals surface area (Å²) in [6, 6.07) is 9.77. The minimum atomic E-state index is -0.546. The summed E-state index contributed by atoms with van der Waals surface area (Å²) in [4.78, 5) is 12.0. The van der Waals surface area contributed by atoms with Crippen LogP contribution in [0.1, 0.15) is 24.1 Å². The number of nitrogens with one attached hydrogen (secondary N) is 2. The Morgan fingerprint density at radius 2 is 1.96 bits per heavy atom. The van der Waals surface area contributed by atoms with Gasteiger partial charge < -0.3 is 15.4 Å². The van der Waals surface area contributed by atoms with Crippen LogP contribution in [0.25, 0.3) is 0 Å². The van der Waals surface area contributed by atoms with Crippen molar-refractivity contribution in [2.45, 2.75) is 19.5 Å². The number of benzene rings is 2. The maximum Gasteiger partial charge on any atom is 0.234 e. The molecule has 25 heavy (non-hydrogen) atoms. The van der Waals surface area contributed by atoms with Gasteiger partial charge >= 0.3 is 0 Å². The molecule has 2 rings (SSSR count). The van der Waals surface area contributed by atoms with Crippen molar-refractivity contribution in [2.75, 3.05) is 13.7 Å². The standard InChI is InChI=1S/C18H19Cl2FN2O2/c1-11(13-7-16(21)15(20)8-14(13)19)22-10-18(24)23-9-12-5-3-4-6-17(12)25-2/h3-8,11,22H,9-10H2,1-2H3,(H,23,24)/t11-/m0/s1. The van der Waals surface area contributed by atoms with Crippen molar-refractivity contribution in [3.05, 3.63) is 63.4 Å². The zero-order chi connectivity index (χ0) is 18.4. The molecule has 0 saturated heterocycles. The van der Waals surface area contributed by atoms with E-state index in [1.165, 1.54) is 12.1 Å². The van der Waals surface area contributed by atoms with Crippen LogP contribution in [0.5, 0.6) is 5.75 Å². The van der Waals surface area contributed by atoms with Crippen LogP contribution in [0.3, 0.4) is 0 Å². The van der Waals surface area contributed by atoms with Gasteiger partial charge in [0, 0.05) is 23.2 Å². The molecule has 134 valence electrons. The van der Waals surface area contributed by atoms with Gasteiger partial charge in [0.2, 0.25) is 5.91 Å². The summed E-state index contributed by atoms with van der Waals surface area (Å²) in [5, 5.41) is 6.14. The fourth-order valence-corrected chi connectivity index (χ4v) is 2.88. The van der Waals surface area contributed by atoms with E-state index in [0.29, 0.717) is 22.9 Å². The topological polar surface area (TPSA) is 50.4 Å². The van der Waals surface area contributed by atoms with E-state index in [9.17, 15) is 9.18 Å². The Hall–Kier alpha value is -1.82. The number of hydrogen-bond donors (Lipinski definition) is 2. The number of para-hydroxylation sites is 1. The van der Waals surface area contributed by atoms with Gasteiger partial charge in [0.15, 0.2) is 0 Å². The predicted octanol–water partition coefficient (Wildman–Crippen LogP) is 4.11. The van der Waals surface area contributed by atoms with Crippen molar-refractivity contribution >= 4 is 29.1 Å². The monoisotopic (exact) mass is 384 g/mol. The molecule has 2 N–H and O–H groups in total. The Labute approximate surface area is 156 Å². The summed E-state index contributed by atoms with van der Waals surface area (Å²) < 4.78 is 18.8. The van der Waals surface area contributed by atoms with Gasteiger partial charge in [-0.1, -0.05) is 41.4 Å². The van der Waals surface area contributed by atoms with E-state index < -0.39 is 5.82 Å². The molecular formula is C18H19Cl2FN2O2. The molecule has 0 unspecified atom stereocenters. The van der Waals surface area contributed by atoms with Crippen molar-refractivity contribution in [2.24, 2.45) is 0 Å². The van der Waals surface area contributed by atoms with Gasteiger partial charge in [0.25, 0.3) is 0 Å². The van der Waals surface area contributed by atoms with Crippen molar-refractivity contribution in [1.82, 2.24) is 10.6 Å². The number of methoxy groups -OCH3 is 1. The lowest BCUT2D eigenvalue weighted by Gasteiger charge is -2.16. The molecule has 0 aliphatic carbocycles. The average molecular weight is 385 g/mol. The second-order valence-corrected chi connectivity index (χ2v) is 6.29. The molecule has 2 aromatic carbocycles. The maximum atomic E-state index is 13.6. The van der Waals surface area contributed by atoms with Gasteiger partial charge in [-0.3, -0.25) is 4.79 Å². The van der Waals surface area contributed by atoms with Crippen LogP contribution in [0.2, 0.25) is 10.0 Å². The van der Waals surface area contributed by atoms with Gasteiger partial charge in [0.05, 0.1) is 18.7 Å². The normalized spacial score (nSPS) is 11.9. The quantitative estimate of drug-likeness (QED) is 0.706. The smallest absolute Gasteiger partial charge is 0.234 e. The van der Waals surface area contributed by atoms with Crippen molar-refractivity contribution in [3.8, 4) is 5.75 Å². The summed E-state index contributed by atoms with van der Waals surface area (Å²) in [6.07, 6.45) is 0. The lowest BCUT2D eigenvalue weighted by molar-refractivity contribution is -0.120. The minimum Gasteiger partial charge on any atom is -0.496 e. The highest BCUT2D eigenvalue weighted by molar-refractivity contribution is 6.35. The molecule has 0 aromatic heterocycles. The summed E-state index contributed by atoms with van der Waals surface area (Å²) in [6.45, 7) is 2.22. The Balaban J connectivity index is 1.88. The minimum absolute atomic E-state index is 0.0319. The van der Waals surface area contributed by atoms with Gasteiger partial charge in [-0.05, 0) is 30.7 Å². The van der Waals surface area contributed by atoms with Crippen LogP contribution in [0.4, 0.5) is 4.39 Å². The second-order valence-electron chi connectivity index (χ2n) is 5.48. The van der Waals surface area contributed by atoms with Crippen molar-refractivity contribution in [3.63, 3.8) is 0 Å². The van der Waals surface area contributed by atoms with E-state index in [1.807, 2.05) is 24.3 Å². The first-order valence-electron chi connectivity index (χ1n) is 7.68. The fourth-order valence-electron chi connectivity index (χ4n) is 2.33. The number of amides is 1. The first-order chi connectivity index (χ1) is 11.9. The lowest BCUT2D eigenvalue weighted by atomic mass is 10.1. The first-order valence-corrected chi connectivity index (χ1v) is 8.44. The van der Waals surface area contributed by atoms with Crippen LogP contribution >= 0.6 is 23.2 Å². The van der Waals surface area contributed by atoms with Gasteiger partial charge in [-0.25, -0.2) is 4.39 Å². The number of carbonyl (C=O) groups excluding carboxylic acids is 1. The van der Waals surface area contributed by atoms with E-state index >= 15 is 0 Å². The molecule has 0 aliphatic rings. The molecule has 0 fully saturated rings. The number of halogens is 3. The highest BCUT2D eigenvalue weighted by atomic mass is 35.5. The highest BCUT2D eigenvalue weighted by Gasteiger charge is 2.14. The molecule has 4 nitrogen and oxygen atoms in total. The van der Waals surface area contributed by atoms with E-state index in [1.54, 1.807) is 14.0 Å². The summed E-state index contributed by atoms with van der Waals surface area (Å²) in [7, 11) is 1.58. The maximum absolute atomic E-state index is 13.6. The van der Waals surface area contributed by atoms with Gasteiger partial charge in [0.1, 0.15) is 11.6 Å². The van der Waals surface area contributed by atoms with Gasteiger partial charge in [-0.15, -0.1) is 0 Å². The SMILES string of the molecule is COc1ccccc1CNC(=O)CN[C@@H](C)c1cc(F)c(Cl)cc1Cl. The van der Waals surface area contributed by atoms with Crippen LogP contribution in [-0.2, 0) is 11.3 Å². The molecule has 7 heteroatoms. The Morgan fingerprint density at radius 3 is 2.68 bits per heavy atom. The molecule has 2 aromatic rings. The van der Waals surface area contributed by atoms with E-state index in [-0.39, 0.29) is 23.5 Å². The Bertz CT molecular complexity index is 756. The average Bonchev–Trinajstić information content (AvgIpc) is 2.61. The molecular weight excluding hydrogens is 366 g/mol. The molecule has 1 amide bonds. The molecule has 0 aliphatic heterocycles. The van der Waals surface area contributed by atoms with Crippen LogP contribution in [-0.4, -0.2) is 19.6 Å². The summed E-state index contributed by atoms with van der Waals surface area (Å²) in [5.74, 6) is -0.0220. The van der Waals surface area contributed by atoms with Crippen LogP contribution in [0, 0.1) is 5.82 Å². The zero-order valence-electron chi connectivity index (χ0n) is 13.9. The molecule has 1 atom stereocenters. The number of hydrogen-bond acceptors (Lipinski definition) is 3. The molecule has 0 saturated carbocycles.